The molecule has 39 heavy (non-hydrogen) atoms. The minimum absolute atomic E-state index is 0.199. The van der Waals surface area contributed by atoms with Gasteiger partial charge in [0, 0.05) is 5.69 Å². The predicted octanol–water partition coefficient (Wildman–Crippen LogP) is 10.2. The van der Waals surface area contributed by atoms with E-state index in [0.29, 0.717) is 11.4 Å². The van der Waals surface area contributed by atoms with Crippen molar-refractivity contribution in [1.82, 2.24) is 0 Å². The zero-order chi connectivity index (χ0) is 28.4. The van der Waals surface area contributed by atoms with Gasteiger partial charge in [0.25, 0.3) is 0 Å². The summed E-state index contributed by atoms with van der Waals surface area (Å²) in [4.78, 5) is 12.5. The SMILES string of the molecule is CC(C)=CCCC(C)=CCCC(C)=CCC[C@]1(C)CCc2cc(OC(=O)Nc3ccccc3)c(C)c(C)c2O1. The van der Waals surface area contributed by atoms with Crippen LogP contribution in [0.2, 0.25) is 0 Å². The van der Waals surface area contributed by atoms with Crippen LogP contribution in [0.3, 0.4) is 0 Å². The minimum Gasteiger partial charge on any atom is -0.487 e. The van der Waals surface area contributed by atoms with Gasteiger partial charge in [-0.05, 0) is 135 Å². The number of fused-ring (bicyclic) bond motifs is 1. The van der Waals surface area contributed by atoms with Crippen molar-refractivity contribution in [3.63, 3.8) is 0 Å². The summed E-state index contributed by atoms with van der Waals surface area (Å²) in [6.45, 7) is 15.1. The number of hydrogen-bond donors (Lipinski definition) is 1. The topological polar surface area (TPSA) is 47.6 Å². The highest BCUT2D eigenvalue weighted by Gasteiger charge is 2.33. The van der Waals surface area contributed by atoms with E-state index >= 15 is 0 Å². The summed E-state index contributed by atoms with van der Waals surface area (Å²) in [5.74, 6) is 1.54. The summed E-state index contributed by atoms with van der Waals surface area (Å²) in [6.07, 6.45) is 15.0. The molecule has 3 rings (SSSR count). The van der Waals surface area contributed by atoms with Gasteiger partial charge in [-0.3, -0.25) is 5.32 Å². The Balaban J connectivity index is 1.53. The summed E-state index contributed by atoms with van der Waals surface area (Å²) < 4.78 is 12.3. The summed E-state index contributed by atoms with van der Waals surface area (Å²) in [5, 5.41) is 2.79. The molecule has 0 radical (unpaired) electrons. The zero-order valence-corrected chi connectivity index (χ0v) is 25.1. The van der Waals surface area contributed by atoms with Crippen LogP contribution in [-0.4, -0.2) is 11.7 Å². The van der Waals surface area contributed by atoms with Crippen molar-refractivity contribution < 1.29 is 14.3 Å². The van der Waals surface area contributed by atoms with Gasteiger partial charge in [-0.15, -0.1) is 0 Å². The second-order valence-electron chi connectivity index (χ2n) is 11.5. The summed E-state index contributed by atoms with van der Waals surface area (Å²) in [5.41, 5.74) is 7.92. The molecule has 1 amide bonds. The fourth-order valence-electron chi connectivity index (χ4n) is 4.96. The Morgan fingerprint density at radius 1 is 0.949 bits per heavy atom. The predicted molar refractivity (Wildman–Crippen MR) is 164 cm³/mol. The lowest BCUT2D eigenvalue weighted by Gasteiger charge is -2.37. The normalized spacial score (nSPS) is 17.2. The van der Waals surface area contributed by atoms with E-state index < -0.39 is 6.09 Å². The zero-order valence-electron chi connectivity index (χ0n) is 25.1. The van der Waals surface area contributed by atoms with Crippen LogP contribution in [0.25, 0.3) is 0 Å². The second kappa shape index (κ2) is 14.2. The van der Waals surface area contributed by atoms with Crippen molar-refractivity contribution in [1.29, 1.82) is 0 Å². The molecule has 0 unspecified atom stereocenters. The second-order valence-corrected chi connectivity index (χ2v) is 11.5. The Morgan fingerprint density at radius 3 is 2.26 bits per heavy atom. The van der Waals surface area contributed by atoms with Crippen LogP contribution in [0.15, 0.2) is 71.3 Å². The molecule has 0 aromatic heterocycles. The van der Waals surface area contributed by atoms with E-state index in [1.165, 1.54) is 16.7 Å². The monoisotopic (exact) mass is 529 g/mol. The maximum atomic E-state index is 12.5. The van der Waals surface area contributed by atoms with Gasteiger partial charge in [0.2, 0.25) is 0 Å². The van der Waals surface area contributed by atoms with Gasteiger partial charge in [0.1, 0.15) is 17.1 Å². The Bertz CT molecular complexity index is 1220. The van der Waals surface area contributed by atoms with Gasteiger partial charge < -0.3 is 9.47 Å². The number of amides is 1. The molecule has 1 aliphatic rings. The van der Waals surface area contributed by atoms with E-state index in [9.17, 15) is 4.79 Å². The number of carbonyl (C=O) groups excluding carboxylic acids is 1. The number of benzene rings is 2. The van der Waals surface area contributed by atoms with Crippen LogP contribution in [0.4, 0.5) is 10.5 Å². The van der Waals surface area contributed by atoms with E-state index in [2.05, 4.69) is 65.1 Å². The third-order valence-corrected chi connectivity index (χ3v) is 7.65. The summed E-state index contributed by atoms with van der Waals surface area (Å²) in [6, 6.07) is 11.3. The van der Waals surface area contributed by atoms with Crippen molar-refractivity contribution in [2.75, 3.05) is 5.32 Å². The van der Waals surface area contributed by atoms with E-state index in [4.69, 9.17) is 9.47 Å². The van der Waals surface area contributed by atoms with E-state index in [1.54, 1.807) is 0 Å². The fraction of sp³-hybridized carbons (Fsp3) is 0.457. The van der Waals surface area contributed by atoms with Crippen molar-refractivity contribution in [3.05, 3.63) is 88.0 Å². The molecule has 4 heteroatoms. The van der Waals surface area contributed by atoms with E-state index in [-0.39, 0.29) is 5.60 Å². The van der Waals surface area contributed by atoms with Gasteiger partial charge in [0.05, 0.1) is 0 Å². The van der Waals surface area contributed by atoms with Crippen molar-refractivity contribution in [2.24, 2.45) is 0 Å². The molecule has 0 saturated carbocycles. The molecule has 1 N–H and O–H groups in total. The largest absolute Gasteiger partial charge is 0.487 e. The highest BCUT2D eigenvalue weighted by molar-refractivity contribution is 5.86. The maximum absolute atomic E-state index is 12.5. The molecule has 0 saturated heterocycles. The highest BCUT2D eigenvalue weighted by atomic mass is 16.6. The number of ether oxygens (including phenoxy) is 2. The summed E-state index contributed by atoms with van der Waals surface area (Å²) >= 11 is 0. The van der Waals surface area contributed by atoms with Gasteiger partial charge >= 0.3 is 6.09 Å². The molecule has 1 aliphatic heterocycles. The van der Waals surface area contributed by atoms with Crippen LogP contribution in [0.1, 0.15) is 96.3 Å². The molecule has 0 bridgehead atoms. The first-order valence-corrected chi connectivity index (χ1v) is 14.4. The molecular formula is C35H47NO3. The minimum atomic E-state index is -0.484. The lowest BCUT2D eigenvalue weighted by atomic mass is 9.86. The molecule has 1 atom stereocenters. The Labute approximate surface area is 236 Å². The molecule has 2 aromatic rings. The Hall–Kier alpha value is -3.27. The highest BCUT2D eigenvalue weighted by Crippen LogP contribution is 2.42. The first-order valence-electron chi connectivity index (χ1n) is 14.4. The molecule has 4 nitrogen and oxygen atoms in total. The molecule has 2 aromatic carbocycles. The third-order valence-electron chi connectivity index (χ3n) is 7.65. The van der Waals surface area contributed by atoms with Crippen molar-refractivity contribution >= 4 is 11.8 Å². The van der Waals surface area contributed by atoms with Crippen LogP contribution in [0.5, 0.6) is 11.5 Å². The van der Waals surface area contributed by atoms with Gasteiger partial charge in [-0.1, -0.05) is 53.1 Å². The Kier molecular flexibility index (Phi) is 11.0. The summed E-state index contributed by atoms with van der Waals surface area (Å²) in [7, 11) is 0. The lowest BCUT2D eigenvalue weighted by Crippen LogP contribution is -2.36. The smallest absolute Gasteiger partial charge is 0.417 e. The third kappa shape index (κ3) is 9.45. The number of carbonyl (C=O) groups is 1. The van der Waals surface area contributed by atoms with Crippen molar-refractivity contribution in [3.8, 4) is 11.5 Å². The quantitative estimate of drug-likeness (QED) is 0.295. The number of hydrogen-bond acceptors (Lipinski definition) is 3. The van der Waals surface area contributed by atoms with E-state index in [1.807, 2.05) is 43.3 Å². The van der Waals surface area contributed by atoms with Crippen LogP contribution in [0, 0.1) is 13.8 Å². The van der Waals surface area contributed by atoms with Crippen molar-refractivity contribution in [2.45, 2.75) is 105 Å². The number of rotatable bonds is 11. The average Bonchev–Trinajstić information content (AvgIpc) is 2.88. The van der Waals surface area contributed by atoms with Crippen LogP contribution in [-0.2, 0) is 6.42 Å². The molecular weight excluding hydrogens is 482 g/mol. The number of aryl methyl sites for hydroxylation is 1. The maximum Gasteiger partial charge on any atom is 0.417 e. The number of allylic oxidation sites excluding steroid dienone is 6. The Morgan fingerprint density at radius 2 is 1.59 bits per heavy atom. The molecule has 0 spiro atoms. The molecule has 210 valence electrons. The average molecular weight is 530 g/mol. The first-order chi connectivity index (χ1) is 18.6. The number of nitrogens with one attached hydrogen (secondary N) is 1. The fourth-order valence-corrected chi connectivity index (χ4v) is 4.96. The van der Waals surface area contributed by atoms with E-state index in [0.717, 1.165) is 73.8 Å². The number of anilines is 1. The number of para-hydroxylation sites is 1. The van der Waals surface area contributed by atoms with Crippen LogP contribution >= 0.6 is 0 Å². The standard InChI is InChI=1S/C35H47NO3/c1-25(2)14-11-15-26(3)16-12-17-27(4)18-13-22-35(7)23-21-30-24-32(28(5)29(6)33(30)39-35)38-34(37)36-31-19-9-8-10-20-31/h8-10,14,16,18-20,24H,11-13,15,17,21-23H2,1-7H3,(H,36,37)/t35-/m1/s1. The van der Waals surface area contributed by atoms with Gasteiger partial charge in [-0.25, -0.2) is 4.79 Å². The van der Waals surface area contributed by atoms with Gasteiger partial charge in [-0.2, -0.15) is 0 Å². The molecule has 1 heterocycles. The first kappa shape index (κ1) is 30.3. The van der Waals surface area contributed by atoms with Gasteiger partial charge in [0.15, 0.2) is 0 Å². The molecule has 0 aliphatic carbocycles. The van der Waals surface area contributed by atoms with Crippen LogP contribution < -0.4 is 14.8 Å². The lowest BCUT2D eigenvalue weighted by molar-refractivity contribution is 0.0561. The molecule has 0 fully saturated rings.